The zero-order valence-electron chi connectivity index (χ0n) is 14.1. The molecule has 23 heavy (non-hydrogen) atoms. The first-order valence-corrected chi connectivity index (χ1v) is 9.28. The molecule has 3 rings (SSSR count). The highest BCUT2D eigenvalue weighted by Gasteiger charge is 2.25. The number of thioether (sulfide) groups is 1. The lowest BCUT2D eigenvalue weighted by Gasteiger charge is -2.18. The molecule has 5 nitrogen and oxygen atoms in total. The topological polar surface area (TPSA) is 67.9 Å². The summed E-state index contributed by atoms with van der Waals surface area (Å²) in [5.41, 5.74) is 1.73. The highest BCUT2D eigenvalue weighted by atomic mass is 32.2. The third-order valence-corrected chi connectivity index (χ3v) is 4.59. The molecule has 0 atom stereocenters. The normalized spacial score (nSPS) is 16.2. The van der Waals surface area contributed by atoms with Crippen LogP contribution >= 0.6 is 11.8 Å². The maximum absolute atomic E-state index is 12.3. The Morgan fingerprint density at radius 3 is 2.61 bits per heavy atom. The SMILES string of the molecule is CSc1nc(C2CCCC2)c2cc(C(=O)OC(C)(C)C)[nH]c2n1. The highest BCUT2D eigenvalue weighted by Crippen LogP contribution is 2.37. The van der Waals surface area contributed by atoms with Crippen molar-refractivity contribution in [2.24, 2.45) is 0 Å². The first-order chi connectivity index (χ1) is 10.9. The van der Waals surface area contributed by atoms with Crippen molar-refractivity contribution < 1.29 is 9.53 Å². The zero-order chi connectivity index (χ0) is 16.6. The van der Waals surface area contributed by atoms with Crippen molar-refractivity contribution in [1.29, 1.82) is 0 Å². The Morgan fingerprint density at radius 2 is 2.00 bits per heavy atom. The summed E-state index contributed by atoms with van der Waals surface area (Å²) in [6, 6.07) is 1.85. The van der Waals surface area contributed by atoms with E-state index in [2.05, 4.69) is 9.97 Å². The number of hydrogen-bond donors (Lipinski definition) is 1. The molecule has 2 aromatic rings. The number of fused-ring (bicyclic) bond motifs is 1. The minimum Gasteiger partial charge on any atom is -0.455 e. The summed E-state index contributed by atoms with van der Waals surface area (Å²) < 4.78 is 5.45. The first-order valence-electron chi connectivity index (χ1n) is 8.05. The van der Waals surface area contributed by atoms with Crippen LogP contribution in [0.3, 0.4) is 0 Å². The van der Waals surface area contributed by atoms with Crippen LogP contribution in [0.5, 0.6) is 0 Å². The lowest BCUT2D eigenvalue weighted by Crippen LogP contribution is -2.24. The number of aromatic amines is 1. The Morgan fingerprint density at radius 1 is 1.30 bits per heavy atom. The summed E-state index contributed by atoms with van der Waals surface area (Å²) in [6.45, 7) is 5.59. The monoisotopic (exact) mass is 333 g/mol. The van der Waals surface area contributed by atoms with Crippen LogP contribution in [0.15, 0.2) is 11.2 Å². The van der Waals surface area contributed by atoms with Crippen molar-refractivity contribution in [3.05, 3.63) is 17.5 Å². The Hall–Kier alpha value is -1.56. The van der Waals surface area contributed by atoms with Crippen molar-refractivity contribution in [3.63, 3.8) is 0 Å². The third kappa shape index (κ3) is 3.52. The van der Waals surface area contributed by atoms with Gasteiger partial charge in [0.15, 0.2) is 5.16 Å². The van der Waals surface area contributed by atoms with Crippen molar-refractivity contribution in [1.82, 2.24) is 15.0 Å². The molecule has 1 aliphatic rings. The Bertz CT molecular complexity index is 727. The van der Waals surface area contributed by atoms with Crippen LogP contribution in [-0.4, -0.2) is 32.8 Å². The zero-order valence-corrected chi connectivity index (χ0v) is 14.9. The number of carbonyl (C=O) groups is 1. The van der Waals surface area contributed by atoms with E-state index in [4.69, 9.17) is 9.72 Å². The van der Waals surface area contributed by atoms with Gasteiger partial charge in [0.05, 0.1) is 5.69 Å². The molecule has 0 bridgehead atoms. The van der Waals surface area contributed by atoms with Gasteiger partial charge in [-0.3, -0.25) is 0 Å². The number of esters is 1. The van der Waals surface area contributed by atoms with Crippen molar-refractivity contribution in [2.75, 3.05) is 6.26 Å². The number of carbonyl (C=O) groups excluding carboxylic acids is 1. The molecular weight excluding hydrogens is 310 g/mol. The number of rotatable bonds is 3. The summed E-state index contributed by atoms with van der Waals surface area (Å²) >= 11 is 1.53. The highest BCUT2D eigenvalue weighted by molar-refractivity contribution is 7.98. The minimum absolute atomic E-state index is 0.349. The van der Waals surface area contributed by atoms with Crippen LogP contribution in [0, 0.1) is 0 Å². The van der Waals surface area contributed by atoms with Crippen LogP contribution < -0.4 is 0 Å². The third-order valence-electron chi connectivity index (χ3n) is 4.04. The molecule has 1 aliphatic carbocycles. The van der Waals surface area contributed by atoms with Gasteiger partial charge in [-0.2, -0.15) is 0 Å². The molecule has 0 spiro atoms. The second-order valence-electron chi connectivity index (χ2n) is 7.02. The van der Waals surface area contributed by atoms with E-state index in [1.807, 2.05) is 33.1 Å². The van der Waals surface area contributed by atoms with Gasteiger partial charge in [-0.15, -0.1) is 0 Å². The molecule has 0 radical (unpaired) electrons. The molecule has 2 aromatic heterocycles. The molecule has 124 valence electrons. The molecule has 6 heteroatoms. The van der Waals surface area contributed by atoms with Gasteiger partial charge in [-0.05, 0) is 45.9 Å². The Kier molecular flexibility index (Phi) is 4.36. The average Bonchev–Trinajstić information content (AvgIpc) is 3.13. The van der Waals surface area contributed by atoms with Crippen LogP contribution in [-0.2, 0) is 4.74 Å². The van der Waals surface area contributed by atoms with Crippen molar-refractivity contribution in [2.45, 2.75) is 63.1 Å². The fourth-order valence-electron chi connectivity index (χ4n) is 3.06. The van der Waals surface area contributed by atoms with E-state index >= 15 is 0 Å². The van der Waals surface area contributed by atoms with E-state index in [1.54, 1.807) is 0 Å². The van der Waals surface area contributed by atoms with Gasteiger partial charge < -0.3 is 9.72 Å². The number of H-pyrrole nitrogens is 1. The Balaban J connectivity index is 2.03. The van der Waals surface area contributed by atoms with E-state index < -0.39 is 5.60 Å². The molecule has 1 fully saturated rings. The molecule has 1 N–H and O–H groups in total. The van der Waals surface area contributed by atoms with Crippen LogP contribution in [0.4, 0.5) is 0 Å². The number of nitrogens with one attached hydrogen (secondary N) is 1. The molecule has 0 amide bonds. The van der Waals surface area contributed by atoms with E-state index in [0.717, 1.165) is 34.7 Å². The molecule has 0 aromatic carbocycles. The van der Waals surface area contributed by atoms with Crippen LogP contribution in [0.2, 0.25) is 0 Å². The lowest BCUT2D eigenvalue weighted by molar-refractivity contribution is 0.00638. The second kappa shape index (κ2) is 6.15. The average molecular weight is 333 g/mol. The van der Waals surface area contributed by atoms with Crippen molar-refractivity contribution in [3.8, 4) is 0 Å². The number of aromatic nitrogens is 3. The minimum atomic E-state index is -0.515. The molecular formula is C17H23N3O2S. The van der Waals surface area contributed by atoms with Gasteiger partial charge in [0.1, 0.15) is 16.9 Å². The van der Waals surface area contributed by atoms with Gasteiger partial charge in [0, 0.05) is 11.3 Å². The fourth-order valence-corrected chi connectivity index (χ4v) is 3.43. The van der Waals surface area contributed by atoms with Gasteiger partial charge >= 0.3 is 5.97 Å². The summed E-state index contributed by atoms with van der Waals surface area (Å²) in [4.78, 5) is 24.7. The first kappa shape index (κ1) is 16.3. The molecule has 0 saturated heterocycles. The van der Waals surface area contributed by atoms with Gasteiger partial charge in [-0.1, -0.05) is 24.6 Å². The van der Waals surface area contributed by atoms with Gasteiger partial charge in [-0.25, -0.2) is 14.8 Å². The smallest absolute Gasteiger partial charge is 0.355 e. The van der Waals surface area contributed by atoms with Gasteiger partial charge in [0.2, 0.25) is 0 Å². The number of nitrogens with zero attached hydrogens (tertiary/aromatic N) is 2. The standard InChI is InChI=1S/C17H23N3O2S/c1-17(2,3)22-15(21)12-9-11-13(10-7-5-6-8-10)19-16(23-4)20-14(11)18-12/h9-10H,5-8H2,1-4H3,(H,18,19,20). The molecule has 0 aliphatic heterocycles. The second-order valence-corrected chi connectivity index (χ2v) is 7.80. The summed E-state index contributed by atoms with van der Waals surface area (Å²) in [7, 11) is 0. The van der Waals surface area contributed by atoms with E-state index in [0.29, 0.717) is 11.6 Å². The number of hydrogen-bond acceptors (Lipinski definition) is 5. The predicted octanol–water partition coefficient (Wildman–Crippen LogP) is 4.29. The predicted molar refractivity (Wildman–Crippen MR) is 92.0 cm³/mol. The number of ether oxygens (including phenoxy) is 1. The molecule has 2 heterocycles. The summed E-state index contributed by atoms with van der Waals surface area (Å²) in [5, 5.41) is 1.70. The van der Waals surface area contributed by atoms with E-state index in [9.17, 15) is 4.79 Å². The largest absolute Gasteiger partial charge is 0.455 e. The molecule has 1 saturated carbocycles. The van der Waals surface area contributed by atoms with Crippen molar-refractivity contribution >= 4 is 28.8 Å². The molecule has 0 unspecified atom stereocenters. The Labute approximate surface area is 140 Å². The quantitative estimate of drug-likeness (QED) is 0.515. The van der Waals surface area contributed by atoms with E-state index in [-0.39, 0.29) is 5.97 Å². The van der Waals surface area contributed by atoms with E-state index in [1.165, 1.54) is 24.6 Å². The maximum Gasteiger partial charge on any atom is 0.355 e. The summed E-state index contributed by atoms with van der Waals surface area (Å²) in [6.07, 6.45) is 6.78. The van der Waals surface area contributed by atoms with Gasteiger partial charge in [0.25, 0.3) is 0 Å². The van der Waals surface area contributed by atoms with Crippen LogP contribution in [0.1, 0.15) is 68.6 Å². The van der Waals surface area contributed by atoms with Crippen LogP contribution in [0.25, 0.3) is 11.0 Å². The fraction of sp³-hybridized carbons (Fsp3) is 0.588. The maximum atomic E-state index is 12.3. The summed E-state index contributed by atoms with van der Waals surface area (Å²) in [5.74, 6) is 0.118. The lowest BCUT2D eigenvalue weighted by atomic mass is 10.0.